The second kappa shape index (κ2) is 13.4. The average molecular weight is 653 g/mol. The summed E-state index contributed by atoms with van der Waals surface area (Å²) in [6.07, 6.45) is 0.929. The van der Waals surface area contributed by atoms with Gasteiger partial charge in [-0.15, -0.1) is 11.3 Å². The molecule has 0 radical (unpaired) electrons. The van der Waals surface area contributed by atoms with E-state index in [9.17, 15) is 27.5 Å². The molecule has 2 N–H and O–H groups in total. The van der Waals surface area contributed by atoms with Crippen molar-refractivity contribution < 1.29 is 32.2 Å². The van der Waals surface area contributed by atoms with E-state index < -0.39 is 45.7 Å². The van der Waals surface area contributed by atoms with Crippen molar-refractivity contribution in [1.82, 2.24) is 14.2 Å². The normalized spacial score (nSPS) is 17.6. The molecule has 1 aromatic heterocycles. The summed E-state index contributed by atoms with van der Waals surface area (Å²) in [6.45, 7) is 3.32. The Hall–Kier alpha value is -4.17. The number of carbonyl (C=O) groups is 2. The van der Waals surface area contributed by atoms with E-state index in [1.807, 2.05) is 12.3 Å². The van der Waals surface area contributed by atoms with Crippen LogP contribution >= 0.6 is 11.3 Å². The maximum absolute atomic E-state index is 13.8. The van der Waals surface area contributed by atoms with Crippen molar-refractivity contribution in [3.05, 3.63) is 95.3 Å². The highest BCUT2D eigenvalue weighted by Crippen LogP contribution is 2.35. The van der Waals surface area contributed by atoms with E-state index in [1.54, 1.807) is 55.6 Å². The molecule has 1 aliphatic heterocycles. The minimum Gasteiger partial charge on any atom is -0.486 e. The molecule has 13 heteroatoms. The third kappa shape index (κ3) is 6.91. The summed E-state index contributed by atoms with van der Waals surface area (Å²) < 4.78 is 47.8. The number of likely N-dealkylation sites (N-methyl/N-ethyl adjacent to an activating group) is 1. The molecule has 2 heterocycles. The summed E-state index contributed by atoms with van der Waals surface area (Å²) in [6, 6.07) is 15.7. The molecule has 45 heavy (non-hydrogen) atoms. The molecule has 4 aromatic rings. The highest BCUT2D eigenvalue weighted by molar-refractivity contribution is 7.89. The van der Waals surface area contributed by atoms with Gasteiger partial charge in [0.05, 0.1) is 35.3 Å². The summed E-state index contributed by atoms with van der Waals surface area (Å²) in [5, 5.41) is 15.5. The number of benzene rings is 3. The number of hydrogen-bond donors (Lipinski definition) is 2. The van der Waals surface area contributed by atoms with Crippen LogP contribution in [0.5, 0.6) is 5.75 Å². The van der Waals surface area contributed by atoms with Crippen LogP contribution in [0.25, 0.3) is 10.6 Å². The number of aromatic nitrogens is 1. The SMILES string of the molecule is C[C@@H]1CN([C@@H](C)CO)C(=O)c2cccc(NC(=O)c3ccc(-c4nccs4)cc3)c2O[C@@H]1CN(C)S(=O)(=O)c1ccc(F)cc1. The smallest absolute Gasteiger partial charge is 0.258 e. The molecule has 3 atom stereocenters. The quantitative estimate of drug-likeness (QED) is 0.267. The molecule has 0 saturated heterocycles. The van der Waals surface area contributed by atoms with Gasteiger partial charge < -0.3 is 20.1 Å². The summed E-state index contributed by atoms with van der Waals surface area (Å²) in [7, 11) is -2.62. The number of halogens is 1. The van der Waals surface area contributed by atoms with Crippen LogP contribution in [0.4, 0.5) is 10.1 Å². The zero-order chi connectivity index (χ0) is 32.3. The molecule has 0 aliphatic carbocycles. The van der Waals surface area contributed by atoms with Crippen LogP contribution in [0.3, 0.4) is 0 Å². The van der Waals surface area contributed by atoms with Crippen LogP contribution in [-0.4, -0.2) is 78.4 Å². The number of ether oxygens (including phenoxy) is 1. The van der Waals surface area contributed by atoms with Gasteiger partial charge in [-0.25, -0.2) is 17.8 Å². The Labute approximate surface area is 265 Å². The number of hydrogen-bond acceptors (Lipinski definition) is 8. The molecule has 5 rings (SSSR count). The number of para-hydroxylation sites is 1. The number of fused-ring (bicyclic) bond motifs is 1. The summed E-state index contributed by atoms with van der Waals surface area (Å²) in [4.78, 5) is 32.9. The Morgan fingerprint density at radius 3 is 2.53 bits per heavy atom. The number of nitrogens with one attached hydrogen (secondary N) is 1. The minimum atomic E-state index is -4.01. The fourth-order valence-corrected chi connectivity index (χ4v) is 6.85. The molecular weight excluding hydrogens is 620 g/mol. The number of amides is 2. The van der Waals surface area contributed by atoms with Gasteiger partial charge in [-0.2, -0.15) is 4.31 Å². The Morgan fingerprint density at radius 1 is 1.18 bits per heavy atom. The highest BCUT2D eigenvalue weighted by Gasteiger charge is 2.36. The number of sulfonamides is 1. The van der Waals surface area contributed by atoms with E-state index >= 15 is 0 Å². The molecule has 0 spiro atoms. The molecule has 10 nitrogen and oxygen atoms in total. The van der Waals surface area contributed by atoms with Crippen molar-refractivity contribution in [1.29, 1.82) is 0 Å². The first-order valence-corrected chi connectivity index (χ1v) is 16.6. The predicted octanol–water partition coefficient (Wildman–Crippen LogP) is 4.74. The molecule has 0 saturated carbocycles. The van der Waals surface area contributed by atoms with Gasteiger partial charge >= 0.3 is 0 Å². The summed E-state index contributed by atoms with van der Waals surface area (Å²) in [5.41, 5.74) is 1.63. The number of nitrogens with zero attached hydrogens (tertiary/aromatic N) is 3. The maximum atomic E-state index is 13.8. The standard InChI is InChI=1S/C32H33FN4O6S2/c1-20-17-37(21(2)19-38)32(40)26-5-4-6-27(35-30(39)22-7-9-23(10-8-22)31-34-15-16-44-31)29(26)43-28(20)18-36(3)45(41,42)25-13-11-24(33)12-14-25/h4-16,20-21,28,38H,17-19H2,1-3H3,(H,35,39)/t20-,21+,28-/m1/s1. The Bertz CT molecular complexity index is 1770. The van der Waals surface area contributed by atoms with E-state index in [2.05, 4.69) is 10.3 Å². The van der Waals surface area contributed by atoms with Crippen molar-refractivity contribution in [2.75, 3.05) is 32.1 Å². The minimum absolute atomic E-state index is 0.0789. The third-order valence-corrected chi connectivity index (χ3v) is 10.4. The van der Waals surface area contributed by atoms with E-state index in [0.717, 1.165) is 27.0 Å². The molecule has 0 bridgehead atoms. The lowest BCUT2D eigenvalue weighted by Gasteiger charge is -2.38. The van der Waals surface area contributed by atoms with Crippen molar-refractivity contribution in [2.24, 2.45) is 5.92 Å². The third-order valence-electron chi connectivity index (χ3n) is 7.72. The Balaban J connectivity index is 1.47. The van der Waals surface area contributed by atoms with E-state index in [-0.39, 0.29) is 41.6 Å². The van der Waals surface area contributed by atoms with Gasteiger partial charge in [0.15, 0.2) is 5.75 Å². The van der Waals surface area contributed by atoms with Crippen molar-refractivity contribution in [3.8, 4) is 16.3 Å². The second-order valence-corrected chi connectivity index (χ2v) is 13.9. The van der Waals surface area contributed by atoms with Crippen LogP contribution in [0.15, 0.2) is 83.2 Å². The zero-order valence-electron chi connectivity index (χ0n) is 24.9. The van der Waals surface area contributed by atoms with E-state index in [4.69, 9.17) is 4.74 Å². The lowest BCUT2D eigenvalue weighted by molar-refractivity contribution is 0.0388. The van der Waals surface area contributed by atoms with Gasteiger partial charge in [-0.3, -0.25) is 9.59 Å². The molecule has 0 fully saturated rings. The number of aliphatic hydroxyl groups excluding tert-OH is 1. The van der Waals surface area contributed by atoms with Gasteiger partial charge in [0, 0.05) is 42.2 Å². The Morgan fingerprint density at radius 2 is 1.89 bits per heavy atom. The van der Waals surface area contributed by atoms with Crippen LogP contribution in [0.1, 0.15) is 34.6 Å². The number of aliphatic hydroxyl groups is 1. The van der Waals surface area contributed by atoms with Crippen LogP contribution in [0, 0.1) is 11.7 Å². The van der Waals surface area contributed by atoms with Crippen molar-refractivity contribution >= 4 is 38.9 Å². The van der Waals surface area contributed by atoms with Gasteiger partial charge in [0.25, 0.3) is 11.8 Å². The van der Waals surface area contributed by atoms with Gasteiger partial charge in [-0.1, -0.05) is 25.1 Å². The lowest BCUT2D eigenvalue weighted by Crippen LogP contribution is -2.50. The second-order valence-electron chi connectivity index (χ2n) is 10.9. The average Bonchev–Trinajstić information content (AvgIpc) is 3.58. The predicted molar refractivity (Wildman–Crippen MR) is 169 cm³/mol. The first kappa shape index (κ1) is 32.2. The molecule has 0 unspecified atom stereocenters. The van der Waals surface area contributed by atoms with Gasteiger partial charge in [-0.05, 0) is 55.5 Å². The molecular formula is C32H33FN4O6S2. The number of anilines is 1. The highest BCUT2D eigenvalue weighted by atomic mass is 32.2. The van der Waals surface area contributed by atoms with Gasteiger partial charge in [0.2, 0.25) is 10.0 Å². The van der Waals surface area contributed by atoms with Crippen LogP contribution < -0.4 is 10.1 Å². The summed E-state index contributed by atoms with van der Waals surface area (Å²) in [5.74, 6) is -1.70. The lowest BCUT2D eigenvalue weighted by atomic mass is 9.99. The summed E-state index contributed by atoms with van der Waals surface area (Å²) >= 11 is 1.49. The number of carbonyl (C=O) groups excluding carboxylic acids is 2. The van der Waals surface area contributed by atoms with E-state index in [1.165, 1.54) is 35.4 Å². The van der Waals surface area contributed by atoms with E-state index in [0.29, 0.717) is 5.56 Å². The van der Waals surface area contributed by atoms with Crippen molar-refractivity contribution in [2.45, 2.75) is 30.9 Å². The van der Waals surface area contributed by atoms with Crippen molar-refractivity contribution in [3.63, 3.8) is 0 Å². The first-order valence-electron chi connectivity index (χ1n) is 14.2. The largest absolute Gasteiger partial charge is 0.486 e. The molecule has 2 amide bonds. The number of rotatable bonds is 9. The molecule has 3 aromatic carbocycles. The topological polar surface area (TPSA) is 129 Å². The fraction of sp³-hybridized carbons (Fsp3) is 0.281. The number of thiazole rings is 1. The monoisotopic (exact) mass is 652 g/mol. The van der Waals surface area contributed by atoms with Crippen LogP contribution in [-0.2, 0) is 10.0 Å². The first-order chi connectivity index (χ1) is 21.5. The van der Waals surface area contributed by atoms with Gasteiger partial charge in [0.1, 0.15) is 16.9 Å². The van der Waals surface area contributed by atoms with Crippen LogP contribution in [0.2, 0.25) is 0 Å². The fourth-order valence-electron chi connectivity index (χ4n) is 5.02. The maximum Gasteiger partial charge on any atom is 0.258 e. The molecule has 1 aliphatic rings. The Kier molecular flexibility index (Phi) is 9.63. The molecule has 236 valence electrons. The zero-order valence-corrected chi connectivity index (χ0v) is 26.5.